The van der Waals surface area contributed by atoms with Crippen LogP contribution >= 0.6 is 15.9 Å². The topological polar surface area (TPSA) is 55.8 Å². The van der Waals surface area contributed by atoms with Crippen LogP contribution in [0.15, 0.2) is 144 Å². The maximum absolute atomic E-state index is 13.5. The zero-order valence-corrected chi connectivity index (χ0v) is 25.1. The molecule has 7 heteroatoms. The minimum Gasteiger partial charge on any atom is -0.488 e. The van der Waals surface area contributed by atoms with Gasteiger partial charge >= 0.3 is 6.09 Å². The summed E-state index contributed by atoms with van der Waals surface area (Å²) in [7, 11) is 0. The van der Waals surface area contributed by atoms with E-state index in [0.717, 1.165) is 21.2 Å². The SMILES string of the molecule is O=C(/C=C/[C@H]1OC(=O)N(c2ccc(-c3ccccc3)cc2)[C@@H]1c1ccc(Br)cc1OCc1ccccc1)c1ccc(F)cc1. The first-order valence-electron chi connectivity index (χ1n) is 14.1. The van der Waals surface area contributed by atoms with Gasteiger partial charge in [0.1, 0.15) is 30.3 Å². The molecular formula is C37H27BrFNO4. The van der Waals surface area contributed by atoms with Crippen molar-refractivity contribution in [3.63, 3.8) is 0 Å². The predicted octanol–water partition coefficient (Wildman–Crippen LogP) is 9.34. The number of anilines is 1. The molecule has 1 heterocycles. The van der Waals surface area contributed by atoms with Gasteiger partial charge in [0.2, 0.25) is 0 Å². The number of cyclic esters (lactones) is 1. The Kier molecular flexibility index (Phi) is 8.66. The monoisotopic (exact) mass is 647 g/mol. The normalized spacial score (nSPS) is 16.2. The van der Waals surface area contributed by atoms with Gasteiger partial charge in [-0.05, 0) is 77.4 Å². The summed E-state index contributed by atoms with van der Waals surface area (Å²) < 4.78 is 26.4. The molecule has 6 rings (SSSR count). The molecule has 44 heavy (non-hydrogen) atoms. The third-order valence-corrected chi connectivity index (χ3v) is 7.87. The average molecular weight is 649 g/mol. The number of benzene rings is 5. The molecule has 2 atom stereocenters. The van der Waals surface area contributed by atoms with E-state index in [1.54, 1.807) is 11.0 Å². The van der Waals surface area contributed by atoms with Gasteiger partial charge in [-0.15, -0.1) is 0 Å². The number of allylic oxidation sites excluding steroid dienone is 1. The van der Waals surface area contributed by atoms with E-state index in [4.69, 9.17) is 9.47 Å². The molecule has 0 unspecified atom stereocenters. The third kappa shape index (κ3) is 6.48. The lowest BCUT2D eigenvalue weighted by Crippen LogP contribution is -2.29. The molecule has 1 fully saturated rings. The van der Waals surface area contributed by atoms with E-state index in [2.05, 4.69) is 15.9 Å². The Labute approximate surface area is 263 Å². The van der Waals surface area contributed by atoms with Crippen LogP contribution < -0.4 is 9.64 Å². The van der Waals surface area contributed by atoms with Gasteiger partial charge in [0.15, 0.2) is 5.78 Å². The molecule has 0 radical (unpaired) electrons. The highest BCUT2D eigenvalue weighted by Crippen LogP contribution is 2.43. The molecule has 0 N–H and O–H groups in total. The fraction of sp³-hybridized carbons (Fsp3) is 0.0811. The fourth-order valence-electron chi connectivity index (χ4n) is 5.18. The lowest BCUT2D eigenvalue weighted by Gasteiger charge is -2.26. The highest BCUT2D eigenvalue weighted by Gasteiger charge is 2.44. The van der Waals surface area contributed by atoms with Gasteiger partial charge in [0.25, 0.3) is 0 Å². The van der Waals surface area contributed by atoms with Crippen molar-refractivity contribution in [1.82, 2.24) is 0 Å². The summed E-state index contributed by atoms with van der Waals surface area (Å²) in [6.07, 6.45) is 1.57. The first-order valence-corrected chi connectivity index (χ1v) is 14.9. The first kappa shape index (κ1) is 29.1. The second kappa shape index (κ2) is 13.1. The minimum atomic E-state index is -0.819. The molecule has 1 aliphatic rings. The molecule has 1 aliphatic heterocycles. The summed E-state index contributed by atoms with van der Waals surface area (Å²) in [5.74, 6) is -0.190. The Hall–Kier alpha value is -5.01. The molecule has 0 spiro atoms. The Morgan fingerprint density at radius 2 is 1.50 bits per heavy atom. The van der Waals surface area contributed by atoms with Crippen LogP contribution in [0.2, 0.25) is 0 Å². The van der Waals surface area contributed by atoms with Crippen molar-refractivity contribution < 1.29 is 23.5 Å². The summed E-state index contributed by atoms with van der Waals surface area (Å²) >= 11 is 3.55. The van der Waals surface area contributed by atoms with Crippen molar-refractivity contribution in [2.24, 2.45) is 0 Å². The Bertz CT molecular complexity index is 1790. The van der Waals surface area contributed by atoms with Crippen LogP contribution in [0.25, 0.3) is 11.1 Å². The predicted molar refractivity (Wildman–Crippen MR) is 172 cm³/mol. The van der Waals surface area contributed by atoms with E-state index in [1.807, 2.05) is 103 Å². The highest BCUT2D eigenvalue weighted by atomic mass is 79.9. The van der Waals surface area contributed by atoms with Crippen molar-refractivity contribution in [3.05, 3.63) is 167 Å². The molecule has 0 bridgehead atoms. The summed E-state index contributed by atoms with van der Waals surface area (Å²) in [6.45, 7) is 0.321. The van der Waals surface area contributed by atoms with Gasteiger partial charge in [-0.25, -0.2) is 9.18 Å². The van der Waals surface area contributed by atoms with Gasteiger partial charge in [-0.3, -0.25) is 9.69 Å². The first-order chi connectivity index (χ1) is 21.5. The van der Waals surface area contributed by atoms with Crippen LogP contribution in [-0.4, -0.2) is 18.0 Å². The Morgan fingerprint density at radius 1 is 0.841 bits per heavy atom. The van der Waals surface area contributed by atoms with Crippen molar-refractivity contribution in [1.29, 1.82) is 0 Å². The second-order valence-corrected chi connectivity index (χ2v) is 11.2. The third-order valence-electron chi connectivity index (χ3n) is 7.37. The number of halogens is 2. The standard InChI is InChI=1S/C37H27BrFNO4/c38-29-15-20-32(35(23-29)43-24-25-7-3-1-4-8-25)36-34(22-21-33(41)28-11-16-30(39)17-12-28)44-37(42)40(36)31-18-13-27(14-19-31)26-9-5-2-6-10-26/h1-23,34,36H,24H2/b22-21+/t34-,36-/m1/s1. The van der Waals surface area contributed by atoms with E-state index in [1.165, 1.54) is 30.3 Å². The molecule has 1 amide bonds. The van der Waals surface area contributed by atoms with Gasteiger partial charge < -0.3 is 9.47 Å². The summed E-state index contributed by atoms with van der Waals surface area (Å²) in [4.78, 5) is 28.1. The van der Waals surface area contributed by atoms with Crippen LogP contribution in [-0.2, 0) is 11.3 Å². The molecule has 5 aromatic rings. The average Bonchev–Trinajstić information content (AvgIpc) is 3.39. The number of carbonyl (C=O) groups is 2. The lowest BCUT2D eigenvalue weighted by molar-refractivity contribution is 0.104. The van der Waals surface area contributed by atoms with E-state index in [-0.39, 0.29) is 5.78 Å². The van der Waals surface area contributed by atoms with Crippen molar-refractivity contribution in [3.8, 4) is 16.9 Å². The number of hydrogen-bond acceptors (Lipinski definition) is 4. The van der Waals surface area contributed by atoms with Gasteiger partial charge in [0, 0.05) is 21.3 Å². The molecule has 218 valence electrons. The number of carbonyl (C=O) groups excluding carboxylic acids is 2. The quantitative estimate of drug-likeness (QED) is 0.118. The largest absolute Gasteiger partial charge is 0.488 e. The fourth-order valence-corrected chi connectivity index (χ4v) is 5.52. The summed E-state index contributed by atoms with van der Waals surface area (Å²) in [5, 5.41) is 0. The Morgan fingerprint density at radius 3 is 2.20 bits per heavy atom. The van der Waals surface area contributed by atoms with Crippen LogP contribution in [0.5, 0.6) is 5.75 Å². The minimum absolute atomic E-state index is 0.321. The van der Waals surface area contributed by atoms with Crippen LogP contribution in [0.1, 0.15) is 27.5 Å². The number of rotatable bonds is 9. The number of hydrogen-bond donors (Lipinski definition) is 0. The molecule has 0 aromatic heterocycles. The molecular weight excluding hydrogens is 621 g/mol. The van der Waals surface area contributed by atoms with E-state index in [9.17, 15) is 14.0 Å². The number of ether oxygens (including phenoxy) is 2. The van der Waals surface area contributed by atoms with E-state index < -0.39 is 24.1 Å². The molecule has 5 nitrogen and oxygen atoms in total. The van der Waals surface area contributed by atoms with Crippen molar-refractivity contribution >= 4 is 33.5 Å². The summed E-state index contributed by atoms with van der Waals surface area (Å²) in [5.41, 5.74) is 4.74. The van der Waals surface area contributed by atoms with E-state index >= 15 is 0 Å². The van der Waals surface area contributed by atoms with Gasteiger partial charge in [-0.2, -0.15) is 0 Å². The number of nitrogens with zero attached hydrogens (tertiary/aromatic N) is 1. The van der Waals surface area contributed by atoms with Crippen molar-refractivity contribution in [2.45, 2.75) is 18.8 Å². The summed E-state index contributed by atoms with van der Waals surface area (Å²) in [6, 6.07) is 37.8. The number of ketones is 1. The van der Waals surface area contributed by atoms with Crippen molar-refractivity contribution in [2.75, 3.05) is 4.90 Å². The molecule has 0 aliphatic carbocycles. The molecule has 0 saturated carbocycles. The van der Waals surface area contributed by atoms with Gasteiger partial charge in [0.05, 0.1) is 0 Å². The molecule has 1 saturated heterocycles. The van der Waals surface area contributed by atoms with E-state index in [0.29, 0.717) is 29.2 Å². The van der Waals surface area contributed by atoms with Crippen LogP contribution in [0, 0.1) is 5.82 Å². The van der Waals surface area contributed by atoms with Crippen LogP contribution in [0.3, 0.4) is 0 Å². The van der Waals surface area contributed by atoms with Gasteiger partial charge in [-0.1, -0.05) is 94.8 Å². The maximum Gasteiger partial charge on any atom is 0.415 e. The zero-order chi connectivity index (χ0) is 30.5. The maximum atomic E-state index is 13.5. The number of amides is 1. The molecule has 5 aromatic carbocycles. The van der Waals surface area contributed by atoms with Crippen LogP contribution in [0.4, 0.5) is 14.9 Å². The highest BCUT2D eigenvalue weighted by molar-refractivity contribution is 9.10. The lowest BCUT2D eigenvalue weighted by atomic mass is 9.97. The smallest absolute Gasteiger partial charge is 0.415 e. The second-order valence-electron chi connectivity index (χ2n) is 10.3. The Balaban J connectivity index is 1.37. The zero-order valence-electron chi connectivity index (χ0n) is 23.5.